The van der Waals surface area contributed by atoms with Gasteiger partial charge in [-0.15, -0.1) is 0 Å². The molecule has 1 aromatic carbocycles. The second kappa shape index (κ2) is 7.58. The third-order valence-corrected chi connectivity index (χ3v) is 4.41. The number of nitrogens with one attached hydrogen (secondary N) is 1. The summed E-state index contributed by atoms with van der Waals surface area (Å²) in [6.45, 7) is 0.441. The van der Waals surface area contributed by atoms with Crippen LogP contribution in [-0.4, -0.2) is 32.1 Å². The number of hydrogen-bond acceptors (Lipinski definition) is 4. The Morgan fingerprint density at radius 2 is 1.90 bits per heavy atom. The average molecular weight is 321 g/mol. The van der Waals surface area contributed by atoms with E-state index in [9.17, 15) is 13.2 Å². The first kappa shape index (κ1) is 16.9. The number of carboxylic acid groups (broad SMARTS) is 1. The fourth-order valence-corrected chi connectivity index (χ4v) is 2.94. The number of sulfonamides is 1. The van der Waals surface area contributed by atoms with E-state index >= 15 is 0 Å². The van der Waals surface area contributed by atoms with Crippen LogP contribution in [0.15, 0.2) is 29.2 Å². The van der Waals surface area contributed by atoms with Crippen LogP contribution in [0.5, 0.6) is 0 Å². The Kier molecular flexibility index (Phi) is 6.41. The molecule has 0 radical (unpaired) electrons. The van der Waals surface area contributed by atoms with Crippen molar-refractivity contribution >= 4 is 27.6 Å². The first-order chi connectivity index (χ1) is 9.36. The predicted octanol–water partition coefficient (Wildman–Crippen LogP) is 1.20. The molecular weight excluding hydrogens is 304 g/mol. The second-order valence-electron chi connectivity index (χ2n) is 4.25. The number of halogens is 1. The van der Waals surface area contributed by atoms with Crippen LogP contribution in [0, 0.1) is 0 Å². The van der Waals surface area contributed by atoms with Crippen LogP contribution in [-0.2, 0) is 14.8 Å². The van der Waals surface area contributed by atoms with Crippen LogP contribution in [0.1, 0.15) is 19.3 Å². The topological polar surface area (TPSA) is 109 Å². The van der Waals surface area contributed by atoms with Gasteiger partial charge in [-0.1, -0.05) is 18.0 Å². The van der Waals surface area contributed by atoms with Crippen LogP contribution in [0.3, 0.4) is 0 Å². The predicted molar refractivity (Wildman–Crippen MR) is 76.1 cm³/mol. The standard InChI is InChI=1S/C12H17ClN2O4S/c13-9-4-6-10(7-5-9)20(18,19)15-11(12(16)17)3-1-2-8-14/h4-7,11,15H,1-3,8,14H2,(H,16,17)/t11-/m0/s1. The fraction of sp³-hybridized carbons (Fsp3) is 0.417. The lowest BCUT2D eigenvalue weighted by Crippen LogP contribution is -2.40. The molecule has 1 rings (SSSR count). The molecular formula is C12H17ClN2O4S. The fourth-order valence-electron chi connectivity index (χ4n) is 1.59. The highest BCUT2D eigenvalue weighted by atomic mass is 35.5. The van der Waals surface area contributed by atoms with Gasteiger partial charge in [-0.3, -0.25) is 4.79 Å². The Labute approximate surface area is 123 Å². The first-order valence-electron chi connectivity index (χ1n) is 6.07. The summed E-state index contributed by atoms with van der Waals surface area (Å²) in [7, 11) is -3.88. The number of hydrogen-bond donors (Lipinski definition) is 3. The van der Waals surface area contributed by atoms with E-state index in [1.807, 2.05) is 0 Å². The maximum Gasteiger partial charge on any atom is 0.321 e. The van der Waals surface area contributed by atoms with Gasteiger partial charge in [0.25, 0.3) is 0 Å². The van der Waals surface area contributed by atoms with Gasteiger partial charge in [0.05, 0.1) is 4.90 Å². The first-order valence-corrected chi connectivity index (χ1v) is 7.93. The average Bonchev–Trinajstić information content (AvgIpc) is 2.38. The van der Waals surface area contributed by atoms with Crippen molar-refractivity contribution in [2.45, 2.75) is 30.2 Å². The molecule has 0 saturated heterocycles. The minimum absolute atomic E-state index is 0.0213. The number of nitrogens with two attached hydrogens (primary N) is 1. The van der Waals surface area contributed by atoms with Crippen molar-refractivity contribution in [1.29, 1.82) is 0 Å². The van der Waals surface area contributed by atoms with E-state index in [0.717, 1.165) is 0 Å². The van der Waals surface area contributed by atoms with Crippen LogP contribution in [0.2, 0.25) is 5.02 Å². The summed E-state index contributed by atoms with van der Waals surface area (Å²) in [5, 5.41) is 9.45. The highest BCUT2D eigenvalue weighted by molar-refractivity contribution is 7.89. The van der Waals surface area contributed by atoms with Crippen molar-refractivity contribution in [2.75, 3.05) is 6.54 Å². The second-order valence-corrected chi connectivity index (χ2v) is 6.40. The van der Waals surface area contributed by atoms with E-state index in [2.05, 4.69) is 4.72 Å². The molecule has 112 valence electrons. The number of unbranched alkanes of at least 4 members (excludes halogenated alkanes) is 1. The third kappa shape index (κ3) is 5.09. The van der Waals surface area contributed by atoms with Crippen molar-refractivity contribution in [3.8, 4) is 0 Å². The van der Waals surface area contributed by atoms with E-state index in [4.69, 9.17) is 22.4 Å². The molecule has 0 aliphatic heterocycles. The van der Waals surface area contributed by atoms with Crippen LogP contribution in [0.25, 0.3) is 0 Å². The Balaban J connectivity index is 2.80. The van der Waals surface area contributed by atoms with E-state index in [1.165, 1.54) is 24.3 Å². The van der Waals surface area contributed by atoms with Crippen molar-refractivity contribution in [1.82, 2.24) is 4.72 Å². The maximum absolute atomic E-state index is 12.0. The number of carboxylic acids is 1. The van der Waals surface area contributed by atoms with Crippen molar-refractivity contribution in [3.05, 3.63) is 29.3 Å². The molecule has 1 atom stereocenters. The quantitative estimate of drug-likeness (QED) is 0.623. The number of carbonyl (C=O) groups is 1. The van der Waals surface area contributed by atoms with E-state index in [-0.39, 0.29) is 11.3 Å². The Hall–Kier alpha value is -1.15. The molecule has 0 unspecified atom stereocenters. The number of benzene rings is 1. The normalized spacial score (nSPS) is 13.1. The molecule has 20 heavy (non-hydrogen) atoms. The van der Waals surface area contributed by atoms with Gasteiger partial charge in [0.15, 0.2) is 0 Å². The van der Waals surface area contributed by atoms with Gasteiger partial charge in [0, 0.05) is 5.02 Å². The lowest BCUT2D eigenvalue weighted by atomic mass is 10.1. The van der Waals surface area contributed by atoms with Crippen LogP contribution >= 0.6 is 11.6 Å². The molecule has 4 N–H and O–H groups in total. The zero-order chi connectivity index (χ0) is 15.2. The summed E-state index contributed by atoms with van der Waals surface area (Å²) in [5.41, 5.74) is 5.32. The lowest BCUT2D eigenvalue weighted by Gasteiger charge is -2.14. The zero-order valence-electron chi connectivity index (χ0n) is 10.8. The maximum atomic E-state index is 12.0. The minimum Gasteiger partial charge on any atom is -0.480 e. The molecule has 8 heteroatoms. The summed E-state index contributed by atoms with van der Waals surface area (Å²) in [4.78, 5) is 11.1. The van der Waals surface area contributed by atoms with Gasteiger partial charge in [-0.25, -0.2) is 8.42 Å². The summed E-state index contributed by atoms with van der Waals surface area (Å²) in [6.07, 6.45) is 1.38. The molecule has 1 aromatic rings. The number of aliphatic carboxylic acids is 1. The van der Waals surface area contributed by atoms with Crippen LogP contribution in [0.4, 0.5) is 0 Å². The van der Waals surface area contributed by atoms with E-state index in [1.54, 1.807) is 0 Å². The van der Waals surface area contributed by atoms with E-state index in [0.29, 0.717) is 24.4 Å². The summed E-state index contributed by atoms with van der Waals surface area (Å²) in [5.74, 6) is -1.21. The summed E-state index contributed by atoms with van der Waals surface area (Å²) in [6, 6.07) is 4.34. The molecule has 0 aliphatic rings. The van der Waals surface area contributed by atoms with Gasteiger partial charge in [-0.05, 0) is 43.7 Å². The van der Waals surface area contributed by atoms with Gasteiger partial charge in [0.1, 0.15) is 6.04 Å². The van der Waals surface area contributed by atoms with Crippen LogP contribution < -0.4 is 10.5 Å². The summed E-state index contributed by atoms with van der Waals surface area (Å²) < 4.78 is 26.3. The molecule has 0 aromatic heterocycles. The van der Waals surface area contributed by atoms with Gasteiger partial charge >= 0.3 is 5.97 Å². The molecule has 0 saturated carbocycles. The SMILES string of the molecule is NCCCC[C@H](NS(=O)(=O)c1ccc(Cl)cc1)C(=O)O. The lowest BCUT2D eigenvalue weighted by molar-refractivity contribution is -0.139. The van der Waals surface area contributed by atoms with Crippen molar-refractivity contribution < 1.29 is 18.3 Å². The third-order valence-electron chi connectivity index (χ3n) is 2.67. The largest absolute Gasteiger partial charge is 0.480 e. The molecule has 6 nitrogen and oxygen atoms in total. The molecule has 0 fully saturated rings. The smallest absolute Gasteiger partial charge is 0.321 e. The Morgan fingerprint density at radius 1 is 1.30 bits per heavy atom. The molecule has 0 amide bonds. The van der Waals surface area contributed by atoms with Gasteiger partial charge in [-0.2, -0.15) is 4.72 Å². The zero-order valence-corrected chi connectivity index (χ0v) is 12.3. The Bertz CT molecular complexity index is 545. The summed E-state index contributed by atoms with van der Waals surface area (Å²) >= 11 is 5.68. The molecule has 0 spiro atoms. The van der Waals surface area contributed by atoms with Crippen molar-refractivity contribution in [2.24, 2.45) is 5.73 Å². The molecule has 0 aliphatic carbocycles. The molecule has 0 bridgehead atoms. The van der Waals surface area contributed by atoms with Gasteiger partial charge in [0.2, 0.25) is 10.0 Å². The highest BCUT2D eigenvalue weighted by Crippen LogP contribution is 2.15. The molecule has 0 heterocycles. The monoisotopic (exact) mass is 320 g/mol. The highest BCUT2D eigenvalue weighted by Gasteiger charge is 2.24. The Morgan fingerprint density at radius 3 is 2.40 bits per heavy atom. The van der Waals surface area contributed by atoms with Gasteiger partial charge < -0.3 is 10.8 Å². The minimum atomic E-state index is -3.88. The van der Waals surface area contributed by atoms with E-state index < -0.39 is 22.0 Å². The van der Waals surface area contributed by atoms with Crippen molar-refractivity contribution in [3.63, 3.8) is 0 Å². The number of rotatable bonds is 8.